The second-order valence-corrected chi connectivity index (χ2v) is 4.49. The van der Waals surface area contributed by atoms with Crippen molar-refractivity contribution in [1.82, 2.24) is 9.88 Å². The molecule has 16 heavy (non-hydrogen) atoms. The third kappa shape index (κ3) is 2.01. The summed E-state index contributed by atoms with van der Waals surface area (Å²) in [5.74, 6) is 0.209. The molecule has 0 saturated carbocycles. The molecule has 0 aliphatic carbocycles. The first kappa shape index (κ1) is 10.9. The molecular formula is C12H16N2O2. The van der Waals surface area contributed by atoms with E-state index in [-0.39, 0.29) is 17.4 Å². The van der Waals surface area contributed by atoms with E-state index in [2.05, 4.69) is 4.98 Å². The van der Waals surface area contributed by atoms with Crippen molar-refractivity contribution in [3.05, 3.63) is 33.7 Å². The molecule has 0 saturated heterocycles. The van der Waals surface area contributed by atoms with Gasteiger partial charge in [-0.25, -0.2) is 0 Å². The maximum atomic E-state index is 11.8. The summed E-state index contributed by atoms with van der Waals surface area (Å²) in [6, 6.07) is 3.33. The van der Waals surface area contributed by atoms with Gasteiger partial charge in [-0.15, -0.1) is 0 Å². The molecule has 1 aliphatic rings. The first-order valence-electron chi connectivity index (χ1n) is 5.58. The number of carbonyl (C=O) groups excluding carboxylic acids is 1. The Balaban J connectivity index is 2.21. The zero-order valence-corrected chi connectivity index (χ0v) is 9.62. The number of rotatable bonds is 1. The zero-order valence-electron chi connectivity index (χ0n) is 9.62. The van der Waals surface area contributed by atoms with E-state index in [1.54, 1.807) is 0 Å². The van der Waals surface area contributed by atoms with Crippen molar-refractivity contribution >= 4 is 5.91 Å². The van der Waals surface area contributed by atoms with Crippen LogP contribution in [0.4, 0.5) is 0 Å². The fourth-order valence-electron chi connectivity index (χ4n) is 2.00. The van der Waals surface area contributed by atoms with Gasteiger partial charge in [0.1, 0.15) is 0 Å². The minimum absolute atomic E-state index is 0.0318. The van der Waals surface area contributed by atoms with Crippen molar-refractivity contribution in [1.29, 1.82) is 0 Å². The van der Waals surface area contributed by atoms with E-state index < -0.39 is 0 Å². The lowest BCUT2D eigenvalue weighted by molar-refractivity contribution is -0.135. The number of hydrogen-bond acceptors (Lipinski definition) is 2. The summed E-state index contributed by atoms with van der Waals surface area (Å²) in [5.41, 5.74) is 1.96. The standard InChI is InChI=1S/C12H16N2O2/c1-8(2)12(16)14-6-5-10-9(7-14)3-4-11(15)13-10/h3-4,8H,5-7H2,1-2H3,(H,13,15). The van der Waals surface area contributed by atoms with Crippen molar-refractivity contribution in [2.24, 2.45) is 5.92 Å². The molecule has 1 aromatic rings. The number of carbonyl (C=O) groups is 1. The van der Waals surface area contributed by atoms with Crippen molar-refractivity contribution in [2.75, 3.05) is 6.54 Å². The van der Waals surface area contributed by atoms with Gasteiger partial charge in [-0.05, 0) is 5.56 Å². The van der Waals surface area contributed by atoms with Gasteiger partial charge >= 0.3 is 0 Å². The summed E-state index contributed by atoms with van der Waals surface area (Å²) < 4.78 is 0. The SMILES string of the molecule is CC(C)C(=O)N1CCc2[nH]c(=O)ccc2C1. The lowest BCUT2D eigenvalue weighted by atomic mass is 10.0. The molecule has 0 radical (unpaired) electrons. The van der Waals surface area contributed by atoms with E-state index in [0.29, 0.717) is 13.1 Å². The van der Waals surface area contributed by atoms with E-state index in [0.717, 1.165) is 17.7 Å². The Morgan fingerprint density at radius 3 is 2.88 bits per heavy atom. The smallest absolute Gasteiger partial charge is 0.248 e. The average molecular weight is 220 g/mol. The molecule has 0 fully saturated rings. The number of nitrogens with one attached hydrogen (secondary N) is 1. The lowest BCUT2D eigenvalue weighted by Crippen LogP contribution is -2.39. The third-order valence-corrected chi connectivity index (χ3v) is 2.90. The normalized spacial score (nSPS) is 15.1. The first-order chi connectivity index (χ1) is 7.58. The molecule has 1 N–H and O–H groups in total. The minimum Gasteiger partial charge on any atom is -0.338 e. The van der Waals surface area contributed by atoms with Gasteiger partial charge in [-0.1, -0.05) is 19.9 Å². The maximum Gasteiger partial charge on any atom is 0.248 e. The molecule has 0 spiro atoms. The molecule has 2 heterocycles. The first-order valence-corrected chi connectivity index (χ1v) is 5.58. The quantitative estimate of drug-likeness (QED) is 0.765. The van der Waals surface area contributed by atoms with Gasteiger partial charge in [-0.2, -0.15) is 0 Å². The lowest BCUT2D eigenvalue weighted by Gasteiger charge is -2.29. The van der Waals surface area contributed by atoms with Gasteiger partial charge in [0.05, 0.1) is 0 Å². The van der Waals surface area contributed by atoms with Crippen molar-refractivity contribution in [3.8, 4) is 0 Å². The van der Waals surface area contributed by atoms with Gasteiger partial charge in [0.2, 0.25) is 11.5 Å². The molecule has 0 atom stereocenters. The molecule has 1 amide bonds. The maximum absolute atomic E-state index is 11.8. The van der Waals surface area contributed by atoms with Crippen LogP contribution in [0.25, 0.3) is 0 Å². The second-order valence-electron chi connectivity index (χ2n) is 4.49. The van der Waals surface area contributed by atoms with Crippen molar-refractivity contribution < 1.29 is 4.79 Å². The van der Waals surface area contributed by atoms with E-state index in [1.165, 1.54) is 6.07 Å². The highest BCUT2D eigenvalue weighted by Crippen LogP contribution is 2.17. The molecule has 86 valence electrons. The van der Waals surface area contributed by atoms with Gasteiger partial charge < -0.3 is 9.88 Å². The Morgan fingerprint density at radius 2 is 2.19 bits per heavy atom. The van der Waals surface area contributed by atoms with E-state index in [1.807, 2.05) is 24.8 Å². The molecule has 0 unspecified atom stereocenters. The monoisotopic (exact) mass is 220 g/mol. The predicted octanol–water partition coefficient (Wildman–Crippen LogP) is 0.916. The van der Waals surface area contributed by atoms with Crippen LogP contribution < -0.4 is 5.56 Å². The Kier molecular flexibility index (Phi) is 2.81. The number of H-pyrrole nitrogens is 1. The zero-order chi connectivity index (χ0) is 11.7. The Hall–Kier alpha value is -1.58. The van der Waals surface area contributed by atoms with Crippen LogP contribution in [0.15, 0.2) is 16.9 Å². The molecule has 1 aliphatic heterocycles. The molecule has 0 aromatic carbocycles. The van der Waals surface area contributed by atoms with Crippen LogP contribution in [0, 0.1) is 5.92 Å². The predicted molar refractivity (Wildman–Crippen MR) is 61.0 cm³/mol. The van der Waals surface area contributed by atoms with Crippen LogP contribution in [0.2, 0.25) is 0 Å². The van der Waals surface area contributed by atoms with Crippen LogP contribution in [0.5, 0.6) is 0 Å². The molecule has 1 aromatic heterocycles. The van der Waals surface area contributed by atoms with E-state index in [4.69, 9.17) is 0 Å². The highest BCUT2D eigenvalue weighted by Gasteiger charge is 2.22. The van der Waals surface area contributed by atoms with Crippen LogP contribution in [-0.4, -0.2) is 22.3 Å². The van der Waals surface area contributed by atoms with Crippen LogP contribution in [0.3, 0.4) is 0 Å². The number of amides is 1. The van der Waals surface area contributed by atoms with Crippen LogP contribution in [0.1, 0.15) is 25.1 Å². The van der Waals surface area contributed by atoms with Crippen LogP contribution >= 0.6 is 0 Å². The molecule has 0 bridgehead atoms. The molecule has 4 heteroatoms. The fourth-order valence-corrected chi connectivity index (χ4v) is 2.00. The van der Waals surface area contributed by atoms with E-state index >= 15 is 0 Å². The summed E-state index contributed by atoms with van der Waals surface area (Å²) >= 11 is 0. The second kappa shape index (κ2) is 4.12. The van der Waals surface area contributed by atoms with Gasteiger partial charge in [0.15, 0.2) is 0 Å². The molecule has 2 rings (SSSR count). The Labute approximate surface area is 94.3 Å². The number of aromatic nitrogens is 1. The van der Waals surface area contributed by atoms with Crippen LogP contribution in [-0.2, 0) is 17.8 Å². The average Bonchev–Trinajstić information content (AvgIpc) is 2.27. The van der Waals surface area contributed by atoms with Crippen molar-refractivity contribution in [3.63, 3.8) is 0 Å². The number of pyridine rings is 1. The highest BCUT2D eigenvalue weighted by molar-refractivity contribution is 5.78. The Morgan fingerprint density at radius 1 is 1.44 bits per heavy atom. The third-order valence-electron chi connectivity index (χ3n) is 2.90. The highest BCUT2D eigenvalue weighted by atomic mass is 16.2. The molecule has 4 nitrogen and oxygen atoms in total. The summed E-state index contributed by atoms with van der Waals surface area (Å²) in [5, 5.41) is 0. The van der Waals surface area contributed by atoms with Gasteiger partial charge in [0, 0.05) is 37.2 Å². The van der Waals surface area contributed by atoms with E-state index in [9.17, 15) is 9.59 Å². The van der Waals surface area contributed by atoms with Gasteiger partial charge in [0.25, 0.3) is 0 Å². The fraction of sp³-hybridized carbons (Fsp3) is 0.500. The number of hydrogen-bond donors (Lipinski definition) is 1. The largest absolute Gasteiger partial charge is 0.338 e. The number of fused-ring (bicyclic) bond motifs is 1. The number of nitrogens with zero attached hydrogens (tertiary/aromatic N) is 1. The van der Waals surface area contributed by atoms with Crippen molar-refractivity contribution in [2.45, 2.75) is 26.8 Å². The van der Waals surface area contributed by atoms with Gasteiger partial charge in [-0.3, -0.25) is 9.59 Å². The number of aromatic amines is 1. The summed E-state index contributed by atoms with van der Waals surface area (Å²) in [6.45, 7) is 5.13. The summed E-state index contributed by atoms with van der Waals surface area (Å²) in [6.07, 6.45) is 0.740. The summed E-state index contributed by atoms with van der Waals surface area (Å²) in [7, 11) is 0. The summed E-state index contributed by atoms with van der Waals surface area (Å²) in [4.78, 5) is 27.6. The molecular weight excluding hydrogens is 204 g/mol. The topological polar surface area (TPSA) is 53.2 Å². The minimum atomic E-state index is -0.0672. The Bertz CT molecular complexity index is 462.